The van der Waals surface area contributed by atoms with Crippen molar-refractivity contribution in [2.24, 2.45) is 10.2 Å². The van der Waals surface area contributed by atoms with Crippen molar-refractivity contribution in [2.75, 3.05) is 0 Å². The lowest BCUT2D eigenvalue weighted by Crippen LogP contribution is -1.80. The summed E-state index contributed by atoms with van der Waals surface area (Å²) >= 11 is 1.62. The maximum absolute atomic E-state index is 10.1. The van der Waals surface area contributed by atoms with E-state index in [-0.39, 0.29) is 5.88 Å². The first-order valence-corrected chi connectivity index (χ1v) is 8.30. The third-order valence-corrected chi connectivity index (χ3v) is 5.21. The monoisotopic (exact) mass is 337 g/mol. The molecule has 0 fully saturated rings. The van der Waals surface area contributed by atoms with Gasteiger partial charge in [0.25, 0.3) is 0 Å². The predicted octanol–water partition coefficient (Wildman–Crippen LogP) is 5.22. The maximum atomic E-state index is 10.1. The van der Waals surface area contributed by atoms with Gasteiger partial charge in [-0.15, -0.1) is 21.6 Å². The van der Waals surface area contributed by atoms with Crippen molar-refractivity contribution in [2.45, 2.75) is 20.8 Å². The van der Waals surface area contributed by atoms with Crippen LogP contribution < -0.4 is 0 Å². The Morgan fingerprint density at radius 2 is 1.96 bits per heavy atom. The number of rotatable bonds is 2. The molecule has 0 amide bonds. The van der Waals surface area contributed by atoms with Gasteiger partial charge in [0, 0.05) is 10.3 Å². The van der Waals surface area contributed by atoms with Crippen molar-refractivity contribution in [1.29, 1.82) is 0 Å². The number of hydrogen-bond donors (Lipinski definition) is 2. The quantitative estimate of drug-likeness (QED) is 0.492. The average molecular weight is 337 g/mol. The van der Waals surface area contributed by atoms with E-state index in [0.717, 1.165) is 32.2 Å². The molecule has 1 aromatic carbocycles. The highest BCUT2D eigenvalue weighted by Gasteiger charge is 2.13. The van der Waals surface area contributed by atoms with Gasteiger partial charge in [0.15, 0.2) is 11.5 Å². The number of nitrogens with one attached hydrogen (secondary N) is 1. The van der Waals surface area contributed by atoms with Gasteiger partial charge in [0.2, 0.25) is 5.88 Å². The first kappa shape index (κ1) is 14.8. The van der Waals surface area contributed by atoms with E-state index in [4.69, 9.17) is 0 Å². The molecule has 0 spiro atoms. The number of thiophene rings is 1. The minimum Gasteiger partial charge on any atom is -0.493 e. The summed E-state index contributed by atoms with van der Waals surface area (Å²) in [4.78, 5) is 13.5. The van der Waals surface area contributed by atoms with Crippen molar-refractivity contribution < 1.29 is 5.11 Å². The zero-order valence-corrected chi connectivity index (χ0v) is 14.3. The molecule has 7 heteroatoms. The molecular weight excluding hydrogens is 322 g/mol. The SMILES string of the molecule is Cc1ccc2[nH]c(O)c(N=Nc3ncnc4sc(C)c(C)c34)c2c1. The summed E-state index contributed by atoms with van der Waals surface area (Å²) in [7, 11) is 0. The van der Waals surface area contributed by atoms with Crippen molar-refractivity contribution in [1.82, 2.24) is 15.0 Å². The number of nitrogens with zero attached hydrogens (tertiary/aromatic N) is 4. The Morgan fingerprint density at radius 3 is 2.79 bits per heavy atom. The van der Waals surface area contributed by atoms with E-state index < -0.39 is 0 Å². The minimum absolute atomic E-state index is 0.00266. The number of benzene rings is 1. The van der Waals surface area contributed by atoms with Crippen LogP contribution in [0.1, 0.15) is 16.0 Å². The zero-order valence-electron chi connectivity index (χ0n) is 13.5. The Hall–Kier alpha value is -2.80. The van der Waals surface area contributed by atoms with Gasteiger partial charge in [-0.05, 0) is 38.5 Å². The highest BCUT2D eigenvalue weighted by atomic mass is 32.1. The summed E-state index contributed by atoms with van der Waals surface area (Å²) in [5.74, 6) is 0.520. The topological polar surface area (TPSA) is 86.5 Å². The van der Waals surface area contributed by atoms with Crippen LogP contribution >= 0.6 is 11.3 Å². The zero-order chi connectivity index (χ0) is 16.8. The molecule has 24 heavy (non-hydrogen) atoms. The van der Waals surface area contributed by atoms with Crippen LogP contribution in [0.15, 0.2) is 34.8 Å². The molecule has 0 aliphatic carbocycles. The van der Waals surface area contributed by atoms with Crippen LogP contribution in [0.5, 0.6) is 5.88 Å². The number of azo groups is 1. The van der Waals surface area contributed by atoms with Crippen LogP contribution in [0.2, 0.25) is 0 Å². The molecule has 3 aromatic heterocycles. The third-order valence-electron chi connectivity index (χ3n) is 4.10. The Kier molecular flexibility index (Phi) is 3.31. The maximum Gasteiger partial charge on any atom is 0.218 e. The lowest BCUT2D eigenvalue weighted by atomic mass is 10.1. The number of aromatic amines is 1. The molecule has 0 radical (unpaired) electrons. The van der Waals surface area contributed by atoms with Crippen LogP contribution in [0.25, 0.3) is 21.1 Å². The minimum atomic E-state index is 0.00266. The van der Waals surface area contributed by atoms with Crippen molar-refractivity contribution in [3.05, 3.63) is 40.5 Å². The van der Waals surface area contributed by atoms with Gasteiger partial charge in [0.05, 0.1) is 10.9 Å². The number of aromatic nitrogens is 3. The first-order valence-electron chi connectivity index (χ1n) is 7.48. The second-order valence-corrected chi connectivity index (χ2v) is 6.94. The van der Waals surface area contributed by atoms with Gasteiger partial charge < -0.3 is 10.1 Å². The lowest BCUT2D eigenvalue weighted by molar-refractivity contribution is 0.459. The summed E-state index contributed by atoms with van der Waals surface area (Å²) in [5, 5.41) is 20.4. The van der Waals surface area contributed by atoms with Crippen LogP contribution in [0, 0.1) is 20.8 Å². The van der Waals surface area contributed by atoms with Crippen LogP contribution in [-0.4, -0.2) is 20.1 Å². The molecular formula is C17H15N5OS. The molecule has 0 unspecified atom stereocenters. The number of hydrogen-bond acceptors (Lipinski definition) is 6. The highest BCUT2D eigenvalue weighted by Crippen LogP contribution is 2.38. The second kappa shape index (κ2) is 5.38. The highest BCUT2D eigenvalue weighted by molar-refractivity contribution is 7.18. The fourth-order valence-corrected chi connectivity index (χ4v) is 3.71. The summed E-state index contributed by atoms with van der Waals surface area (Å²) in [6.07, 6.45) is 1.49. The summed E-state index contributed by atoms with van der Waals surface area (Å²) in [6.45, 7) is 6.08. The molecule has 6 nitrogen and oxygen atoms in total. The van der Waals surface area contributed by atoms with Gasteiger partial charge in [-0.2, -0.15) is 0 Å². The van der Waals surface area contributed by atoms with Gasteiger partial charge in [0.1, 0.15) is 11.2 Å². The summed E-state index contributed by atoms with van der Waals surface area (Å²) in [6, 6.07) is 5.86. The Labute approximate surface area is 141 Å². The fraction of sp³-hybridized carbons (Fsp3) is 0.176. The number of aryl methyl sites for hydroxylation is 3. The summed E-state index contributed by atoms with van der Waals surface area (Å²) < 4.78 is 0. The van der Waals surface area contributed by atoms with E-state index in [9.17, 15) is 5.11 Å². The van der Waals surface area contributed by atoms with Crippen molar-refractivity contribution in [3.8, 4) is 5.88 Å². The first-order chi connectivity index (χ1) is 11.5. The van der Waals surface area contributed by atoms with Gasteiger partial charge in [-0.1, -0.05) is 11.6 Å². The fourth-order valence-electron chi connectivity index (χ4n) is 2.72. The molecule has 4 aromatic rings. The molecule has 2 N–H and O–H groups in total. The van der Waals surface area contributed by atoms with Crippen molar-refractivity contribution in [3.63, 3.8) is 0 Å². The van der Waals surface area contributed by atoms with E-state index in [0.29, 0.717) is 11.5 Å². The molecule has 0 atom stereocenters. The molecule has 0 saturated heterocycles. The van der Waals surface area contributed by atoms with Crippen LogP contribution in [0.3, 0.4) is 0 Å². The molecule has 0 saturated carbocycles. The Morgan fingerprint density at radius 1 is 1.12 bits per heavy atom. The lowest BCUT2D eigenvalue weighted by Gasteiger charge is -1.97. The Balaban J connectivity index is 1.87. The van der Waals surface area contributed by atoms with Gasteiger partial charge >= 0.3 is 0 Å². The van der Waals surface area contributed by atoms with E-state index in [1.54, 1.807) is 11.3 Å². The normalized spacial score (nSPS) is 12.0. The third kappa shape index (κ3) is 2.25. The van der Waals surface area contributed by atoms with E-state index >= 15 is 0 Å². The molecule has 0 aliphatic rings. The van der Waals surface area contributed by atoms with E-state index in [1.807, 2.05) is 32.0 Å². The van der Waals surface area contributed by atoms with Crippen LogP contribution in [-0.2, 0) is 0 Å². The average Bonchev–Trinajstić information content (AvgIpc) is 3.02. The molecule has 0 bridgehead atoms. The predicted molar refractivity (Wildman–Crippen MR) is 95.8 cm³/mol. The van der Waals surface area contributed by atoms with Gasteiger partial charge in [-0.3, -0.25) is 0 Å². The molecule has 4 rings (SSSR count). The molecule has 3 heterocycles. The standard InChI is InChI=1S/C17H15N5OS/c1-8-4-5-12-11(6-8)14(16(23)20-12)21-22-15-13-9(2)10(3)24-17(13)19-7-18-15/h4-7,20,23H,1-3H3. The van der Waals surface area contributed by atoms with E-state index in [2.05, 4.69) is 32.1 Å². The largest absolute Gasteiger partial charge is 0.493 e. The number of H-pyrrole nitrogens is 1. The summed E-state index contributed by atoms with van der Waals surface area (Å²) in [5.41, 5.74) is 3.45. The van der Waals surface area contributed by atoms with Crippen molar-refractivity contribution >= 4 is 44.0 Å². The smallest absolute Gasteiger partial charge is 0.218 e. The van der Waals surface area contributed by atoms with Crippen LogP contribution in [0.4, 0.5) is 11.5 Å². The number of aromatic hydroxyl groups is 1. The molecule has 120 valence electrons. The second-order valence-electron chi connectivity index (χ2n) is 5.73. The van der Waals surface area contributed by atoms with Gasteiger partial charge in [-0.25, -0.2) is 9.97 Å². The Bertz CT molecular complexity index is 1110. The molecule has 0 aliphatic heterocycles. The number of fused-ring (bicyclic) bond motifs is 2. The van der Waals surface area contributed by atoms with E-state index in [1.165, 1.54) is 11.2 Å².